The van der Waals surface area contributed by atoms with Gasteiger partial charge < -0.3 is 15.2 Å². The predicted molar refractivity (Wildman–Crippen MR) is 78.6 cm³/mol. The number of amides is 1. The topological polar surface area (TPSA) is 75.6 Å². The van der Waals surface area contributed by atoms with Crippen LogP contribution in [-0.2, 0) is 9.59 Å². The van der Waals surface area contributed by atoms with E-state index in [4.69, 9.17) is 9.84 Å². The van der Waals surface area contributed by atoms with Crippen molar-refractivity contribution in [2.24, 2.45) is 0 Å². The molecule has 0 aromatic heterocycles. The van der Waals surface area contributed by atoms with Crippen molar-refractivity contribution in [1.82, 2.24) is 5.32 Å². The molecule has 0 aliphatic carbocycles. The molecular formula is C14H16BrNO4. The smallest absolute Gasteiger partial charge is 0.326 e. The van der Waals surface area contributed by atoms with Gasteiger partial charge in [-0.2, -0.15) is 0 Å². The van der Waals surface area contributed by atoms with Crippen molar-refractivity contribution in [2.45, 2.75) is 19.4 Å². The van der Waals surface area contributed by atoms with Crippen LogP contribution in [0.2, 0.25) is 0 Å². The maximum atomic E-state index is 11.6. The van der Waals surface area contributed by atoms with Crippen LogP contribution in [0, 0.1) is 0 Å². The number of hydrogen-bond acceptors (Lipinski definition) is 3. The fourth-order valence-electron chi connectivity index (χ4n) is 1.44. The Morgan fingerprint density at radius 3 is 2.85 bits per heavy atom. The maximum absolute atomic E-state index is 11.6. The van der Waals surface area contributed by atoms with Crippen LogP contribution in [0.3, 0.4) is 0 Å². The quantitative estimate of drug-likeness (QED) is 0.746. The van der Waals surface area contributed by atoms with E-state index in [0.717, 1.165) is 4.47 Å². The highest BCUT2D eigenvalue weighted by molar-refractivity contribution is 9.10. The van der Waals surface area contributed by atoms with Crippen LogP contribution in [0.4, 0.5) is 0 Å². The van der Waals surface area contributed by atoms with E-state index < -0.39 is 17.9 Å². The highest BCUT2D eigenvalue weighted by atomic mass is 79.9. The number of carbonyl (C=O) groups is 2. The molecule has 1 amide bonds. The largest absolute Gasteiger partial charge is 0.484 e. The Kier molecular flexibility index (Phi) is 6.79. The normalized spacial score (nSPS) is 12.1. The maximum Gasteiger partial charge on any atom is 0.326 e. The van der Waals surface area contributed by atoms with Crippen LogP contribution >= 0.6 is 15.9 Å². The average molecular weight is 342 g/mol. The van der Waals surface area contributed by atoms with Gasteiger partial charge in [0.05, 0.1) is 0 Å². The molecule has 0 aliphatic rings. The molecule has 1 unspecified atom stereocenters. The highest BCUT2D eigenvalue weighted by Gasteiger charge is 2.18. The minimum absolute atomic E-state index is 0.226. The van der Waals surface area contributed by atoms with Gasteiger partial charge in [-0.3, -0.25) is 4.79 Å². The van der Waals surface area contributed by atoms with Gasteiger partial charge in [0.25, 0.3) is 5.91 Å². The van der Waals surface area contributed by atoms with Gasteiger partial charge in [-0.25, -0.2) is 4.79 Å². The summed E-state index contributed by atoms with van der Waals surface area (Å²) in [5.74, 6) is -1.00. The van der Waals surface area contributed by atoms with Crippen LogP contribution < -0.4 is 10.1 Å². The van der Waals surface area contributed by atoms with Crippen molar-refractivity contribution in [3.63, 3.8) is 0 Å². The van der Waals surface area contributed by atoms with Crippen molar-refractivity contribution < 1.29 is 19.4 Å². The Hall–Kier alpha value is -1.82. The number of carboxylic acids is 1. The van der Waals surface area contributed by atoms with Gasteiger partial charge in [-0.05, 0) is 31.5 Å². The molecule has 1 rings (SSSR count). The van der Waals surface area contributed by atoms with Crippen LogP contribution in [0.5, 0.6) is 5.75 Å². The molecule has 20 heavy (non-hydrogen) atoms. The van der Waals surface area contributed by atoms with E-state index in [9.17, 15) is 9.59 Å². The second kappa shape index (κ2) is 8.37. The van der Waals surface area contributed by atoms with Crippen LogP contribution in [0.1, 0.15) is 13.3 Å². The summed E-state index contributed by atoms with van der Waals surface area (Å²) in [6.45, 7) is 1.56. The number of rotatable bonds is 7. The minimum Gasteiger partial charge on any atom is -0.484 e. The molecule has 5 nitrogen and oxygen atoms in total. The van der Waals surface area contributed by atoms with Gasteiger partial charge in [-0.15, -0.1) is 0 Å². The van der Waals surface area contributed by atoms with Gasteiger partial charge >= 0.3 is 5.97 Å². The molecule has 0 bridgehead atoms. The van der Waals surface area contributed by atoms with Crippen LogP contribution in [-0.4, -0.2) is 29.6 Å². The van der Waals surface area contributed by atoms with Crippen molar-refractivity contribution >= 4 is 27.8 Å². The number of carboxylic acid groups (broad SMARTS) is 1. The lowest BCUT2D eigenvalue weighted by Gasteiger charge is -2.13. The van der Waals surface area contributed by atoms with Crippen LogP contribution in [0.15, 0.2) is 40.9 Å². The number of benzene rings is 1. The molecule has 1 atom stereocenters. The molecule has 0 aliphatic heterocycles. The molecule has 2 N–H and O–H groups in total. The Morgan fingerprint density at radius 1 is 1.50 bits per heavy atom. The third-order valence-electron chi connectivity index (χ3n) is 2.41. The number of ether oxygens (including phenoxy) is 1. The molecule has 0 heterocycles. The molecule has 6 heteroatoms. The Morgan fingerprint density at radius 2 is 2.25 bits per heavy atom. The first-order valence-corrected chi connectivity index (χ1v) is 6.84. The van der Waals surface area contributed by atoms with Crippen molar-refractivity contribution in [1.29, 1.82) is 0 Å². The van der Waals surface area contributed by atoms with Gasteiger partial charge in [0, 0.05) is 4.47 Å². The zero-order valence-corrected chi connectivity index (χ0v) is 12.6. The molecule has 108 valence electrons. The summed E-state index contributed by atoms with van der Waals surface area (Å²) in [5.41, 5.74) is 0. The van der Waals surface area contributed by atoms with E-state index in [1.165, 1.54) is 0 Å². The Bertz CT molecular complexity index is 502. The standard InChI is InChI=1S/C14H16BrNO4/c1-2-3-7-12(14(18)19)16-13(17)9-20-11-6-4-5-10(15)8-11/h2-6,8,12H,7,9H2,1H3,(H,16,17)(H,18,19)/b3-2+. The summed E-state index contributed by atoms with van der Waals surface area (Å²) >= 11 is 3.29. The zero-order chi connectivity index (χ0) is 15.0. The van der Waals surface area contributed by atoms with Gasteiger partial charge in [-0.1, -0.05) is 34.1 Å². The van der Waals surface area contributed by atoms with E-state index in [1.54, 1.807) is 37.3 Å². The summed E-state index contributed by atoms with van der Waals surface area (Å²) in [6, 6.07) is 6.12. The van der Waals surface area contributed by atoms with Gasteiger partial charge in [0.15, 0.2) is 6.61 Å². The first-order valence-electron chi connectivity index (χ1n) is 6.04. The van der Waals surface area contributed by atoms with E-state index in [2.05, 4.69) is 21.2 Å². The first-order chi connectivity index (χ1) is 9.52. The van der Waals surface area contributed by atoms with Crippen molar-refractivity contribution in [3.05, 3.63) is 40.9 Å². The monoisotopic (exact) mass is 341 g/mol. The van der Waals surface area contributed by atoms with Crippen molar-refractivity contribution in [2.75, 3.05) is 6.61 Å². The molecule has 1 aromatic rings. The average Bonchev–Trinajstić information content (AvgIpc) is 2.41. The number of carbonyl (C=O) groups excluding carboxylic acids is 1. The molecule has 1 aromatic carbocycles. The van der Waals surface area contributed by atoms with Crippen LogP contribution in [0.25, 0.3) is 0 Å². The molecule has 0 fully saturated rings. The van der Waals surface area contributed by atoms with Gasteiger partial charge in [0.2, 0.25) is 0 Å². The second-order valence-corrected chi connectivity index (χ2v) is 4.92. The third-order valence-corrected chi connectivity index (χ3v) is 2.90. The first kappa shape index (κ1) is 16.2. The number of hydrogen-bond donors (Lipinski definition) is 2. The molecule has 0 saturated heterocycles. The minimum atomic E-state index is -1.07. The van der Waals surface area contributed by atoms with E-state index in [0.29, 0.717) is 5.75 Å². The Balaban J connectivity index is 2.47. The molecule has 0 saturated carbocycles. The Labute approximate surface area is 125 Å². The molecule has 0 spiro atoms. The lowest BCUT2D eigenvalue weighted by atomic mass is 10.2. The zero-order valence-electron chi connectivity index (χ0n) is 11.0. The lowest BCUT2D eigenvalue weighted by molar-refractivity contribution is -0.142. The van der Waals surface area contributed by atoms with E-state index >= 15 is 0 Å². The second-order valence-electron chi connectivity index (χ2n) is 4.01. The predicted octanol–water partition coefficient (Wildman–Crippen LogP) is 2.36. The highest BCUT2D eigenvalue weighted by Crippen LogP contribution is 2.17. The summed E-state index contributed by atoms with van der Waals surface area (Å²) in [4.78, 5) is 22.6. The molecule has 0 radical (unpaired) electrons. The van der Waals surface area contributed by atoms with E-state index in [-0.39, 0.29) is 13.0 Å². The summed E-state index contributed by atoms with van der Waals surface area (Å²) in [5, 5.41) is 11.4. The van der Waals surface area contributed by atoms with E-state index in [1.807, 2.05) is 6.07 Å². The lowest BCUT2D eigenvalue weighted by Crippen LogP contribution is -2.42. The summed E-state index contributed by atoms with van der Waals surface area (Å²) in [6.07, 6.45) is 3.67. The van der Waals surface area contributed by atoms with Crippen molar-refractivity contribution in [3.8, 4) is 5.75 Å². The number of allylic oxidation sites excluding steroid dienone is 1. The third kappa shape index (κ3) is 5.88. The number of aliphatic carboxylic acids is 1. The number of nitrogens with one attached hydrogen (secondary N) is 1. The summed E-state index contributed by atoms with van der Waals surface area (Å²) in [7, 11) is 0. The molecular weight excluding hydrogens is 326 g/mol. The number of halogens is 1. The fourth-order valence-corrected chi connectivity index (χ4v) is 1.81. The SMILES string of the molecule is C/C=C/CC(NC(=O)COc1cccc(Br)c1)C(=O)O. The van der Waals surface area contributed by atoms with Gasteiger partial charge in [0.1, 0.15) is 11.8 Å². The summed E-state index contributed by atoms with van der Waals surface area (Å²) < 4.78 is 6.12. The fraction of sp³-hybridized carbons (Fsp3) is 0.286.